The Morgan fingerprint density at radius 2 is 1.85 bits per heavy atom. The summed E-state index contributed by atoms with van der Waals surface area (Å²) < 4.78 is 4.66. The maximum absolute atomic E-state index is 12.0. The minimum Gasteiger partial charge on any atom is -0.393 e. The summed E-state index contributed by atoms with van der Waals surface area (Å²) in [5.74, 6) is -2.15. The van der Waals surface area contributed by atoms with Crippen LogP contribution in [-0.2, 0) is 14.3 Å². The fourth-order valence-corrected chi connectivity index (χ4v) is 2.15. The number of hydrogen-bond acceptors (Lipinski definition) is 4. The molecule has 1 rings (SSSR count). The predicted molar refractivity (Wildman–Crippen MR) is 76.1 cm³/mol. The standard InChI is InChI=1S/C16H22O4/c1-3-4-6-11-14(18)15(16(19)20-12(2)17)13-9-7-5-8-10-13/h5,7-10,14-15,18H,3-4,6,11H2,1-2H3. The van der Waals surface area contributed by atoms with Gasteiger partial charge in [-0.3, -0.25) is 9.59 Å². The number of rotatable bonds is 7. The lowest BCUT2D eigenvalue weighted by atomic mass is 9.90. The zero-order valence-corrected chi connectivity index (χ0v) is 12.0. The van der Waals surface area contributed by atoms with E-state index in [2.05, 4.69) is 11.7 Å². The van der Waals surface area contributed by atoms with Crippen LogP contribution < -0.4 is 0 Å². The molecule has 0 saturated heterocycles. The molecule has 0 spiro atoms. The number of carbonyl (C=O) groups is 2. The predicted octanol–water partition coefficient (Wildman–Crippen LogP) is 2.80. The van der Waals surface area contributed by atoms with E-state index in [0.717, 1.165) is 19.3 Å². The van der Waals surface area contributed by atoms with Gasteiger partial charge in [-0.2, -0.15) is 0 Å². The molecule has 1 aromatic rings. The lowest BCUT2D eigenvalue weighted by Crippen LogP contribution is -2.29. The highest BCUT2D eigenvalue weighted by atomic mass is 16.6. The average Bonchev–Trinajstić information content (AvgIpc) is 2.39. The van der Waals surface area contributed by atoms with Gasteiger partial charge in [0, 0.05) is 6.92 Å². The van der Waals surface area contributed by atoms with Crippen LogP contribution in [0.4, 0.5) is 0 Å². The van der Waals surface area contributed by atoms with Gasteiger partial charge in [-0.05, 0) is 12.0 Å². The summed E-state index contributed by atoms with van der Waals surface area (Å²) in [5, 5.41) is 10.3. The molecular weight excluding hydrogens is 256 g/mol. The Bertz CT molecular complexity index is 427. The van der Waals surface area contributed by atoms with Crippen molar-refractivity contribution < 1.29 is 19.4 Å². The van der Waals surface area contributed by atoms with Gasteiger partial charge in [0.05, 0.1) is 6.10 Å². The number of unbranched alkanes of at least 4 members (excludes halogenated alkanes) is 2. The van der Waals surface area contributed by atoms with Crippen LogP contribution in [0.2, 0.25) is 0 Å². The second-order valence-electron chi connectivity index (χ2n) is 4.86. The number of ether oxygens (including phenoxy) is 1. The van der Waals surface area contributed by atoms with Crippen LogP contribution in [0.1, 0.15) is 51.0 Å². The Morgan fingerprint density at radius 1 is 1.20 bits per heavy atom. The molecule has 0 amide bonds. The van der Waals surface area contributed by atoms with Gasteiger partial charge in [0.2, 0.25) is 0 Å². The van der Waals surface area contributed by atoms with Crippen LogP contribution in [0.3, 0.4) is 0 Å². The number of hydrogen-bond donors (Lipinski definition) is 1. The van der Waals surface area contributed by atoms with Crippen molar-refractivity contribution in [3.63, 3.8) is 0 Å². The highest BCUT2D eigenvalue weighted by Crippen LogP contribution is 2.25. The van der Waals surface area contributed by atoms with Crippen molar-refractivity contribution in [2.75, 3.05) is 0 Å². The van der Waals surface area contributed by atoms with E-state index in [0.29, 0.717) is 12.0 Å². The van der Waals surface area contributed by atoms with Gasteiger partial charge < -0.3 is 9.84 Å². The van der Waals surface area contributed by atoms with Gasteiger partial charge in [-0.25, -0.2) is 0 Å². The smallest absolute Gasteiger partial charge is 0.323 e. The molecule has 110 valence electrons. The third-order valence-corrected chi connectivity index (χ3v) is 3.15. The van der Waals surface area contributed by atoms with E-state index in [1.165, 1.54) is 6.92 Å². The lowest BCUT2D eigenvalue weighted by molar-refractivity contribution is -0.161. The Morgan fingerprint density at radius 3 is 2.40 bits per heavy atom. The average molecular weight is 278 g/mol. The van der Waals surface area contributed by atoms with Gasteiger partial charge in [0.25, 0.3) is 0 Å². The molecule has 1 aromatic carbocycles. The zero-order chi connectivity index (χ0) is 15.0. The van der Waals surface area contributed by atoms with Gasteiger partial charge >= 0.3 is 11.9 Å². The Labute approximate surface area is 119 Å². The van der Waals surface area contributed by atoms with Crippen LogP contribution in [0.15, 0.2) is 30.3 Å². The van der Waals surface area contributed by atoms with Gasteiger partial charge in [0.15, 0.2) is 0 Å². The second-order valence-corrected chi connectivity index (χ2v) is 4.86. The van der Waals surface area contributed by atoms with Crippen LogP contribution in [-0.4, -0.2) is 23.1 Å². The van der Waals surface area contributed by atoms with Crippen LogP contribution in [0.5, 0.6) is 0 Å². The molecule has 0 aliphatic rings. The van der Waals surface area contributed by atoms with Crippen LogP contribution in [0, 0.1) is 0 Å². The van der Waals surface area contributed by atoms with E-state index >= 15 is 0 Å². The molecule has 0 fully saturated rings. The number of aliphatic hydroxyl groups is 1. The minimum atomic E-state index is -0.837. The van der Waals surface area contributed by atoms with Crippen molar-refractivity contribution in [2.45, 2.75) is 51.6 Å². The fraction of sp³-hybridized carbons (Fsp3) is 0.500. The molecule has 1 N–H and O–H groups in total. The molecule has 2 atom stereocenters. The van der Waals surface area contributed by atoms with E-state index in [1.807, 2.05) is 6.07 Å². The minimum absolute atomic E-state index is 0.514. The van der Waals surface area contributed by atoms with E-state index < -0.39 is 24.0 Å². The van der Waals surface area contributed by atoms with Crippen molar-refractivity contribution in [1.82, 2.24) is 0 Å². The summed E-state index contributed by atoms with van der Waals surface area (Å²) >= 11 is 0. The summed E-state index contributed by atoms with van der Waals surface area (Å²) in [6.07, 6.45) is 2.56. The Balaban J connectivity index is 2.84. The molecule has 0 aromatic heterocycles. The van der Waals surface area contributed by atoms with Crippen molar-refractivity contribution >= 4 is 11.9 Å². The fourth-order valence-electron chi connectivity index (χ4n) is 2.15. The van der Waals surface area contributed by atoms with Gasteiger partial charge in [0.1, 0.15) is 5.92 Å². The lowest BCUT2D eigenvalue weighted by Gasteiger charge is -2.21. The largest absolute Gasteiger partial charge is 0.393 e. The molecule has 4 nitrogen and oxygen atoms in total. The molecule has 0 aliphatic carbocycles. The molecular formula is C16H22O4. The molecule has 0 aliphatic heterocycles. The monoisotopic (exact) mass is 278 g/mol. The summed E-state index contributed by atoms with van der Waals surface area (Å²) in [6.45, 7) is 3.26. The summed E-state index contributed by atoms with van der Waals surface area (Å²) in [5.41, 5.74) is 0.669. The van der Waals surface area contributed by atoms with Crippen LogP contribution >= 0.6 is 0 Å². The zero-order valence-electron chi connectivity index (χ0n) is 12.0. The van der Waals surface area contributed by atoms with E-state index in [4.69, 9.17) is 0 Å². The van der Waals surface area contributed by atoms with Gasteiger partial charge in [-0.1, -0.05) is 56.5 Å². The van der Waals surface area contributed by atoms with E-state index in [-0.39, 0.29) is 0 Å². The molecule has 4 heteroatoms. The summed E-state index contributed by atoms with van der Waals surface area (Å²) in [4.78, 5) is 23.0. The van der Waals surface area contributed by atoms with Gasteiger partial charge in [-0.15, -0.1) is 0 Å². The highest BCUT2D eigenvalue weighted by Gasteiger charge is 2.30. The Kier molecular flexibility index (Phi) is 6.94. The normalized spacial score (nSPS) is 13.6. The number of carbonyl (C=O) groups excluding carboxylic acids is 2. The first kappa shape index (κ1) is 16.4. The number of aliphatic hydroxyl groups excluding tert-OH is 1. The molecule has 20 heavy (non-hydrogen) atoms. The maximum Gasteiger partial charge on any atom is 0.323 e. The van der Waals surface area contributed by atoms with Crippen molar-refractivity contribution in [3.8, 4) is 0 Å². The highest BCUT2D eigenvalue weighted by molar-refractivity contribution is 5.88. The third kappa shape index (κ3) is 5.13. The first-order chi connectivity index (χ1) is 9.56. The summed E-state index contributed by atoms with van der Waals surface area (Å²) in [7, 11) is 0. The number of esters is 2. The van der Waals surface area contributed by atoms with Crippen LogP contribution in [0.25, 0.3) is 0 Å². The molecule has 0 radical (unpaired) electrons. The second kappa shape index (κ2) is 8.48. The first-order valence-electron chi connectivity index (χ1n) is 7.01. The number of benzene rings is 1. The molecule has 0 saturated carbocycles. The topological polar surface area (TPSA) is 63.6 Å². The first-order valence-corrected chi connectivity index (χ1v) is 7.01. The summed E-state index contributed by atoms with van der Waals surface area (Å²) in [6, 6.07) is 8.94. The third-order valence-electron chi connectivity index (χ3n) is 3.15. The molecule has 2 unspecified atom stereocenters. The van der Waals surface area contributed by atoms with E-state index in [1.54, 1.807) is 24.3 Å². The molecule has 0 heterocycles. The SMILES string of the molecule is CCCCCC(O)C(C(=O)OC(C)=O)c1ccccc1. The quantitative estimate of drug-likeness (QED) is 0.473. The van der Waals surface area contributed by atoms with Crippen molar-refractivity contribution in [2.24, 2.45) is 0 Å². The van der Waals surface area contributed by atoms with Crippen molar-refractivity contribution in [3.05, 3.63) is 35.9 Å². The Hall–Kier alpha value is -1.68. The van der Waals surface area contributed by atoms with Crippen molar-refractivity contribution in [1.29, 1.82) is 0 Å². The molecule has 0 bridgehead atoms. The van der Waals surface area contributed by atoms with E-state index in [9.17, 15) is 14.7 Å². The maximum atomic E-state index is 12.0.